The summed E-state index contributed by atoms with van der Waals surface area (Å²) in [5.74, 6) is -0.323. The van der Waals surface area contributed by atoms with Crippen LogP contribution in [0.4, 0.5) is 18.9 Å². The highest BCUT2D eigenvalue weighted by molar-refractivity contribution is 7.99. The van der Waals surface area contributed by atoms with E-state index in [1.165, 1.54) is 15.8 Å². The predicted molar refractivity (Wildman–Crippen MR) is 99.4 cm³/mol. The summed E-state index contributed by atoms with van der Waals surface area (Å²) in [6.07, 6.45) is 2.92. The molecule has 2 aromatic rings. The molecule has 1 amide bonds. The van der Waals surface area contributed by atoms with Gasteiger partial charge in [0.05, 0.1) is 18.1 Å². The molecule has 0 saturated heterocycles. The summed E-state index contributed by atoms with van der Waals surface area (Å²) < 4.78 is 40.7. The van der Waals surface area contributed by atoms with E-state index < -0.39 is 23.8 Å². The zero-order chi connectivity index (χ0) is 19.6. The van der Waals surface area contributed by atoms with Gasteiger partial charge in [0.2, 0.25) is 5.91 Å². The number of amides is 1. The zero-order valence-electron chi connectivity index (χ0n) is 14.5. The average Bonchev–Trinajstić information content (AvgIpc) is 3.37. The molecule has 0 bridgehead atoms. The minimum absolute atomic E-state index is 0.0700. The van der Waals surface area contributed by atoms with Gasteiger partial charge in [-0.25, -0.2) is 4.68 Å². The fourth-order valence-corrected chi connectivity index (χ4v) is 3.45. The number of thioether (sulfide) groups is 1. The summed E-state index contributed by atoms with van der Waals surface area (Å²) in [6.45, 7) is 0.343. The lowest BCUT2D eigenvalue weighted by Gasteiger charge is -2.25. The highest BCUT2D eigenvalue weighted by atomic mass is 35.5. The zero-order valence-corrected chi connectivity index (χ0v) is 16.1. The van der Waals surface area contributed by atoms with E-state index in [4.69, 9.17) is 11.6 Å². The first-order valence-corrected chi connectivity index (χ1v) is 10.0. The smallest absolute Gasteiger partial charge is 0.308 e. The molecule has 5 nitrogen and oxygen atoms in total. The van der Waals surface area contributed by atoms with E-state index in [0.29, 0.717) is 29.7 Å². The number of aromatic nitrogens is 3. The van der Waals surface area contributed by atoms with Gasteiger partial charge in [-0.2, -0.15) is 30.0 Å². The topological polar surface area (TPSA) is 51.0 Å². The van der Waals surface area contributed by atoms with Gasteiger partial charge in [0, 0.05) is 19.2 Å². The Morgan fingerprint density at radius 2 is 2.22 bits per heavy atom. The summed E-state index contributed by atoms with van der Waals surface area (Å²) in [7, 11) is 0. The van der Waals surface area contributed by atoms with Crippen LogP contribution in [-0.4, -0.2) is 44.9 Å². The second kappa shape index (κ2) is 8.10. The van der Waals surface area contributed by atoms with Crippen LogP contribution in [-0.2, 0) is 4.79 Å². The van der Waals surface area contributed by atoms with Crippen LogP contribution in [0.25, 0.3) is 5.69 Å². The van der Waals surface area contributed by atoms with Crippen LogP contribution in [0.2, 0.25) is 5.15 Å². The molecular weight excluding hydrogens is 401 g/mol. The van der Waals surface area contributed by atoms with Crippen molar-refractivity contribution < 1.29 is 18.0 Å². The molecule has 0 radical (unpaired) electrons. The van der Waals surface area contributed by atoms with Crippen molar-refractivity contribution in [1.29, 1.82) is 0 Å². The van der Waals surface area contributed by atoms with Crippen LogP contribution >= 0.6 is 23.4 Å². The van der Waals surface area contributed by atoms with Crippen LogP contribution < -0.4 is 4.90 Å². The van der Waals surface area contributed by atoms with Crippen molar-refractivity contribution in [3.63, 3.8) is 0 Å². The molecule has 27 heavy (non-hydrogen) atoms. The van der Waals surface area contributed by atoms with Crippen LogP contribution in [0.15, 0.2) is 30.7 Å². The van der Waals surface area contributed by atoms with Crippen LogP contribution in [0.1, 0.15) is 19.3 Å². The van der Waals surface area contributed by atoms with Crippen molar-refractivity contribution in [2.24, 2.45) is 5.92 Å². The van der Waals surface area contributed by atoms with Crippen molar-refractivity contribution >= 4 is 35.0 Å². The Labute approximate surface area is 163 Å². The Morgan fingerprint density at radius 3 is 2.78 bits per heavy atom. The molecule has 1 aliphatic carbocycles. The Morgan fingerprint density at radius 1 is 1.48 bits per heavy atom. The van der Waals surface area contributed by atoms with Gasteiger partial charge in [-0.1, -0.05) is 11.6 Å². The molecule has 0 aromatic carbocycles. The van der Waals surface area contributed by atoms with Crippen molar-refractivity contribution in [2.45, 2.75) is 30.7 Å². The molecule has 1 saturated carbocycles. The molecule has 0 N–H and O–H groups in total. The monoisotopic (exact) mass is 418 g/mol. The third-order valence-corrected chi connectivity index (χ3v) is 5.57. The standard InChI is InChI=1S/C17H18ClF3N4OS/c1-27-14(17(19,20)21)7-15(26)24(9-11-4-5-11)13-10-25(23-16(13)18)12-3-2-6-22-8-12/h2-3,6,8,10-11,14H,4-5,7,9H2,1H3. The summed E-state index contributed by atoms with van der Waals surface area (Å²) in [6, 6.07) is 3.49. The first-order valence-electron chi connectivity index (χ1n) is 8.35. The molecule has 10 heteroatoms. The fraction of sp³-hybridized carbons (Fsp3) is 0.471. The highest BCUT2D eigenvalue weighted by Gasteiger charge is 2.42. The largest absolute Gasteiger partial charge is 0.401 e. The van der Waals surface area contributed by atoms with E-state index in [9.17, 15) is 18.0 Å². The molecule has 1 aliphatic rings. The van der Waals surface area contributed by atoms with Crippen LogP contribution in [0.5, 0.6) is 0 Å². The normalized spacial score (nSPS) is 15.6. The van der Waals surface area contributed by atoms with Crippen molar-refractivity contribution in [3.05, 3.63) is 35.9 Å². The van der Waals surface area contributed by atoms with E-state index >= 15 is 0 Å². The van der Waals surface area contributed by atoms with Gasteiger partial charge in [0.1, 0.15) is 10.9 Å². The van der Waals surface area contributed by atoms with E-state index in [-0.39, 0.29) is 11.1 Å². The van der Waals surface area contributed by atoms with Gasteiger partial charge < -0.3 is 4.90 Å². The Bertz CT molecular complexity index is 795. The van der Waals surface area contributed by atoms with Gasteiger partial charge in [-0.3, -0.25) is 9.78 Å². The van der Waals surface area contributed by atoms with E-state index in [1.54, 1.807) is 30.7 Å². The number of halogens is 4. The average molecular weight is 419 g/mol. The number of alkyl halides is 3. The molecule has 1 unspecified atom stereocenters. The number of hydrogen-bond acceptors (Lipinski definition) is 4. The fourth-order valence-electron chi connectivity index (χ4n) is 2.64. The maximum Gasteiger partial charge on any atom is 0.401 e. The molecule has 0 aliphatic heterocycles. The predicted octanol–water partition coefficient (Wildman–Crippen LogP) is 4.35. The third kappa shape index (κ3) is 4.95. The number of rotatable bonds is 7. The highest BCUT2D eigenvalue weighted by Crippen LogP contribution is 2.36. The minimum Gasteiger partial charge on any atom is -0.308 e. The molecule has 2 aromatic heterocycles. The van der Waals surface area contributed by atoms with Gasteiger partial charge in [-0.15, -0.1) is 0 Å². The molecule has 1 atom stereocenters. The quantitative estimate of drug-likeness (QED) is 0.670. The van der Waals surface area contributed by atoms with Gasteiger partial charge >= 0.3 is 6.18 Å². The lowest BCUT2D eigenvalue weighted by atomic mass is 10.2. The Kier molecular flexibility index (Phi) is 6.00. The van der Waals surface area contributed by atoms with Gasteiger partial charge in [-0.05, 0) is 37.1 Å². The van der Waals surface area contributed by atoms with E-state index in [1.807, 2.05) is 0 Å². The lowest BCUT2D eigenvalue weighted by Crippen LogP contribution is -2.38. The van der Waals surface area contributed by atoms with Crippen LogP contribution in [0.3, 0.4) is 0 Å². The number of pyridine rings is 1. The van der Waals surface area contributed by atoms with E-state index in [2.05, 4.69) is 10.1 Å². The first-order chi connectivity index (χ1) is 12.8. The summed E-state index contributed by atoms with van der Waals surface area (Å²) in [4.78, 5) is 18.1. The number of carbonyl (C=O) groups excluding carboxylic acids is 1. The number of nitrogens with zero attached hydrogens (tertiary/aromatic N) is 4. The number of carbonyl (C=O) groups is 1. The van der Waals surface area contributed by atoms with Gasteiger partial charge in [0.15, 0.2) is 5.15 Å². The van der Waals surface area contributed by atoms with Crippen LogP contribution in [0, 0.1) is 5.92 Å². The molecular formula is C17H18ClF3N4OS. The third-order valence-electron chi connectivity index (χ3n) is 4.30. The van der Waals surface area contributed by atoms with E-state index in [0.717, 1.165) is 12.8 Å². The SMILES string of the molecule is CSC(CC(=O)N(CC1CC1)c1cn(-c2cccnc2)nc1Cl)C(F)(F)F. The Hall–Kier alpha value is -1.74. The minimum atomic E-state index is -4.44. The second-order valence-electron chi connectivity index (χ2n) is 6.38. The van der Waals surface area contributed by atoms with Crippen molar-refractivity contribution in [2.75, 3.05) is 17.7 Å². The lowest BCUT2D eigenvalue weighted by molar-refractivity contribution is -0.138. The molecule has 2 heterocycles. The maximum atomic E-state index is 13.1. The Balaban J connectivity index is 1.86. The van der Waals surface area contributed by atoms with Gasteiger partial charge in [0.25, 0.3) is 0 Å². The molecule has 0 spiro atoms. The summed E-state index contributed by atoms with van der Waals surface area (Å²) >= 11 is 6.85. The molecule has 1 fully saturated rings. The first kappa shape index (κ1) is 20.0. The number of anilines is 1. The second-order valence-corrected chi connectivity index (χ2v) is 7.78. The maximum absolute atomic E-state index is 13.1. The molecule has 146 valence electrons. The van der Waals surface area contributed by atoms with Crippen molar-refractivity contribution in [3.8, 4) is 5.69 Å². The summed E-state index contributed by atoms with van der Waals surface area (Å²) in [5.41, 5.74) is 0.959. The summed E-state index contributed by atoms with van der Waals surface area (Å²) in [5, 5.41) is 2.50. The van der Waals surface area contributed by atoms with Crippen molar-refractivity contribution in [1.82, 2.24) is 14.8 Å². The number of hydrogen-bond donors (Lipinski definition) is 0. The molecule has 3 rings (SSSR count).